The first-order valence-electron chi connectivity index (χ1n) is 10.5. The van der Waals surface area contributed by atoms with Crippen LogP contribution >= 0.6 is 0 Å². The van der Waals surface area contributed by atoms with E-state index in [1.54, 1.807) is 12.1 Å². The zero-order chi connectivity index (χ0) is 23.2. The highest BCUT2D eigenvalue weighted by Crippen LogP contribution is 2.36. The monoisotopic (exact) mass is 472 g/mol. The number of nitro groups is 1. The van der Waals surface area contributed by atoms with E-state index in [4.69, 9.17) is 13.9 Å². The van der Waals surface area contributed by atoms with Crippen LogP contribution < -0.4 is 10.4 Å². The zero-order valence-corrected chi connectivity index (χ0v) is 18.3. The van der Waals surface area contributed by atoms with E-state index in [1.165, 1.54) is 22.5 Å². The number of hydrogen-bond acceptors (Lipinski definition) is 8. The highest BCUT2D eigenvalue weighted by Gasteiger charge is 2.29. The summed E-state index contributed by atoms with van der Waals surface area (Å²) in [5.41, 5.74) is 1.14. The van der Waals surface area contributed by atoms with Gasteiger partial charge in [0.1, 0.15) is 11.3 Å². The number of hydrogen-bond donors (Lipinski definition) is 0. The summed E-state index contributed by atoms with van der Waals surface area (Å²) in [4.78, 5) is 23.0. The Morgan fingerprint density at radius 1 is 1.03 bits per heavy atom. The molecule has 5 rings (SSSR count). The molecule has 0 unspecified atom stereocenters. The fraction of sp³-hybridized carbons (Fsp3) is 0.318. The Hall–Kier alpha value is -3.28. The van der Waals surface area contributed by atoms with Gasteiger partial charge in [0.05, 0.1) is 23.0 Å². The fourth-order valence-electron chi connectivity index (χ4n) is 4.28. The molecule has 0 amide bonds. The van der Waals surface area contributed by atoms with E-state index in [0.29, 0.717) is 17.6 Å². The highest BCUT2D eigenvalue weighted by atomic mass is 32.2. The average Bonchev–Trinajstić information content (AvgIpc) is 3.30. The topological polar surface area (TPSA) is 129 Å². The number of fused-ring (bicyclic) bond motifs is 3. The van der Waals surface area contributed by atoms with Gasteiger partial charge in [-0.2, -0.15) is 4.31 Å². The Bertz CT molecular complexity index is 1420. The maximum atomic E-state index is 12.9. The van der Waals surface area contributed by atoms with Gasteiger partial charge in [-0.3, -0.25) is 10.1 Å². The molecule has 2 aliphatic rings. The first-order chi connectivity index (χ1) is 15.8. The normalized spacial score (nSPS) is 16.6. The van der Waals surface area contributed by atoms with Crippen LogP contribution in [0.5, 0.6) is 11.5 Å². The Kier molecular flexibility index (Phi) is 5.39. The molecule has 33 heavy (non-hydrogen) atoms. The number of ether oxygens (including phenoxy) is 2. The molecule has 172 valence electrons. The van der Waals surface area contributed by atoms with Crippen molar-refractivity contribution in [3.05, 3.63) is 68.1 Å². The summed E-state index contributed by atoms with van der Waals surface area (Å²) in [6.45, 7) is 0.897. The van der Waals surface area contributed by atoms with Crippen LogP contribution in [0.3, 0.4) is 0 Å². The number of benzene rings is 2. The smallest absolute Gasteiger partial charge is 0.339 e. The molecule has 1 aliphatic carbocycles. The molecular weight excluding hydrogens is 452 g/mol. The SMILES string of the molecule is O=c1oc2cc(Oc3ccc(S(=O)(=O)N4CCOCC4)cc3[N+](=O)[O-])ccc2c2c1CCC2. The molecule has 2 heterocycles. The van der Waals surface area contributed by atoms with Crippen molar-refractivity contribution >= 4 is 26.7 Å². The van der Waals surface area contributed by atoms with Gasteiger partial charge in [0.25, 0.3) is 0 Å². The number of morpholine rings is 1. The van der Waals surface area contributed by atoms with Crippen molar-refractivity contribution in [1.29, 1.82) is 0 Å². The molecule has 1 saturated heterocycles. The Labute approximate surface area is 188 Å². The third kappa shape index (κ3) is 3.88. The summed E-state index contributed by atoms with van der Waals surface area (Å²) in [6, 6.07) is 8.45. The van der Waals surface area contributed by atoms with Gasteiger partial charge in [-0.15, -0.1) is 0 Å². The summed E-state index contributed by atoms with van der Waals surface area (Å²) in [7, 11) is -3.90. The lowest BCUT2D eigenvalue weighted by atomic mass is 10.1. The number of aryl methyl sites for hydroxylation is 1. The molecule has 0 spiro atoms. The van der Waals surface area contributed by atoms with Gasteiger partial charge < -0.3 is 13.9 Å². The second-order valence-electron chi connectivity index (χ2n) is 7.86. The Balaban J connectivity index is 1.49. The van der Waals surface area contributed by atoms with Crippen molar-refractivity contribution in [3.63, 3.8) is 0 Å². The van der Waals surface area contributed by atoms with Gasteiger partial charge in [0.15, 0.2) is 0 Å². The number of sulfonamides is 1. The number of nitrogens with zero attached hydrogens (tertiary/aromatic N) is 2. The molecular formula is C22H20N2O8S. The first-order valence-corrected chi connectivity index (χ1v) is 11.9. The lowest BCUT2D eigenvalue weighted by Crippen LogP contribution is -2.40. The van der Waals surface area contributed by atoms with E-state index in [-0.39, 0.29) is 48.3 Å². The predicted molar refractivity (Wildman–Crippen MR) is 117 cm³/mol. The van der Waals surface area contributed by atoms with Gasteiger partial charge in [-0.25, -0.2) is 13.2 Å². The molecule has 2 aromatic carbocycles. The van der Waals surface area contributed by atoms with Crippen molar-refractivity contribution in [1.82, 2.24) is 4.31 Å². The lowest BCUT2D eigenvalue weighted by Gasteiger charge is -2.26. The first kappa shape index (κ1) is 21.6. The second kappa shape index (κ2) is 8.25. The zero-order valence-electron chi connectivity index (χ0n) is 17.5. The minimum absolute atomic E-state index is 0.121. The van der Waals surface area contributed by atoms with Gasteiger partial charge in [-0.1, -0.05) is 0 Å². The fourth-order valence-corrected chi connectivity index (χ4v) is 5.71. The minimum Gasteiger partial charge on any atom is -0.450 e. The molecule has 0 radical (unpaired) electrons. The third-order valence-corrected chi connectivity index (χ3v) is 7.80. The van der Waals surface area contributed by atoms with Crippen molar-refractivity contribution in [2.45, 2.75) is 24.2 Å². The largest absolute Gasteiger partial charge is 0.450 e. The van der Waals surface area contributed by atoms with Gasteiger partial charge in [0, 0.05) is 36.2 Å². The number of rotatable bonds is 5. The quantitative estimate of drug-likeness (QED) is 0.315. The van der Waals surface area contributed by atoms with Gasteiger partial charge in [-0.05, 0) is 49.1 Å². The van der Waals surface area contributed by atoms with Crippen LogP contribution in [-0.4, -0.2) is 43.9 Å². The maximum absolute atomic E-state index is 12.9. The van der Waals surface area contributed by atoms with Crippen LogP contribution in [0.15, 0.2) is 50.5 Å². The van der Waals surface area contributed by atoms with Crippen LogP contribution in [0, 0.1) is 10.1 Å². The molecule has 0 bridgehead atoms. The lowest BCUT2D eigenvalue weighted by molar-refractivity contribution is -0.385. The molecule has 3 aromatic rings. The summed E-state index contributed by atoms with van der Waals surface area (Å²) >= 11 is 0. The van der Waals surface area contributed by atoms with Gasteiger partial charge >= 0.3 is 11.3 Å². The van der Waals surface area contributed by atoms with Crippen LogP contribution in [0.2, 0.25) is 0 Å². The van der Waals surface area contributed by atoms with Crippen LogP contribution in [-0.2, 0) is 27.6 Å². The highest BCUT2D eigenvalue weighted by molar-refractivity contribution is 7.89. The number of nitro benzene ring substituents is 1. The third-order valence-electron chi connectivity index (χ3n) is 5.91. The molecule has 1 fully saturated rings. The van der Waals surface area contributed by atoms with E-state index in [0.717, 1.165) is 29.9 Å². The molecule has 1 aliphatic heterocycles. The molecule has 1 aromatic heterocycles. The van der Waals surface area contributed by atoms with E-state index in [1.807, 2.05) is 0 Å². The minimum atomic E-state index is -3.90. The van der Waals surface area contributed by atoms with Crippen molar-refractivity contribution < 1.29 is 27.2 Å². The summed E-state index contributed by atoms with van der Waals surface area (Å²) in [6.07, 6.45) is 2.38. The summed E-state index contributed by atoms with van der Waals surface area (Å²) in [5, 5.41) is 12.5. The molecule has 10 nitrogen and oxygen atoms in total. The van der Waals surface area contributed by atoms with Crippen LogP contribution in [0.4, 0.5) is 5.69 Å². The molecule has 0 N–H and O–H groups in total. The molecule has 0 saturated carbocycles. The van der Waals surface area contributed by atoms with Crippen LogP contribution in [0.25, 0.3) is 11.0 Å². The molecule has 0 atom stereocenters. The standard InChI is InChI=1S/C22H20N2O8S/c25-22-18-3-1-2-16(18)17-6-4-14(12-21(17)32-22)31-20-7-5-15(13-19(20)24(26)27)33(28,29)23-8-10-30-11-9-23/h4-7,12-13H,1-3,8-11H2. The van der Waals surface area contributed by atoms with Crippen LogP contribution in [0.1, 0.15) is 17.5 Å². The Morgan fingerprint density at radius 3 is 2.55 bits per heavy atom. The van der Waals surface area contributed by atoms with E-state index in [2.05, 4.69) is 0 Å². The van der Waals surface area contributed by atoms with Crippen molar-refractivity contribution in [2.24, 2.45) is 0 Å². The average molecular weight is 472 g/mol. The van der Waals surface area contributed by atoms with E-state index < -0.39 is 20.6 Å². The van der Waals surface area contributed by atoms with E-state index >= 15 is 0 Å². The van der Waals surface area contributed by atoms with E-state index in [9.17, 15) is 23.3 Å². The Morgan fingerprint density at radius 2 is 1.79 bits per heavy atom. The molecule has 11 heteroatoms. The second-order valence-corrected chi connectivity index (χ2v) is 9.80. The summed E-state index contributed by atoms with van der Waals surface area (Å²) in [5.74, 6) is 0.110. The van der Waals surface area contributed by atoms with Crippen molar-refractivity contribution in [2.75, 3.05) is 26.3 Å². The van der Waals surface area contributed by atoms with Crippen molar-refractivity contribution in [3.8, 4) is 11.5 Å². The van der Waals surface area contributed by atoms with Gasteiger partial charge in [0.2, 0.25) is 15.8 Å². The maximum Gasteiger partial charge on any atom is 0.339 e. The summed E-state index contributed by atoms with van der Waals surface area (Å²) < 4.78 is 43.3. The predicted octanol–water partition coefficient (Wildman–Crippen LogP) is 3.00.